The molecule has 0 saturated carbocycles. The summed E-state index contributed by atoms with van der Waals surface area (Å²) in [7, 11) is 0. The van der Waals surface area contributed by atoms with Gasteiger partial charge in [0.2, 0.25) is 11.9 Å². The van der Waals surface area contributed by atoms with Crippen molar-refractivity contribution < 1.29 is 4.42 Å². The van der Waals surface area contributed by atoms with E-state index in [0.717, 1.165) is 104 Å². The highest BCUT2D eigenvalue weighted by Crippen LogP contribution is 2.39. The molecule has 0 spiro atoms. The van der Waals surface area contributed by atoms with Gasteiger partial charge in [0, 0.05) is 37.9 Å². The molecule has 0 fully saturated rings. The summed E-state index contributed by atoms with van der Waals surface area (Å²) in [6.45, 7) is 0. The smallest absolute Gasteiger partial charge is 0.240 e. The number of para-hydroxylation sites is 4. The fraction of sp³-hybridized carbons (Fsp3) is 0. The lowest BCUT2D eigenvalue weighted by Gasteiger charge is -2.13. The minimum absolute atomic E-state index is 0.543. The molecule has 13 rings (SSSR count). The number of aromatic nitrogens is 5. The van der Waals surface area contributed by atoms with Crippen LogP contribution >= 0.6 is 0 Å². The minimum atomic E-state index is 0.543. The van der Waals surface area contributed by atoms with Crippen LogP contribution in [-0.4, -0.2) is 24.1 Å². The van der Waals surface area contributed by atoms with Crippen molar-refractivity contribution in [2.24, 2.45) is 0 Å². The predicted molar refractivity (Wildman–Crippen MR) is 258 cm³/mol. The van der Waals surface area contributed by atoms with E-state index in [1.807, 2.05) is 18.2 Å². The van der Waals surface area contributed by atoms with Gasteiger partial charge in [-0.15, -0.1) is 0 Å². The Morgan fingerprint density at radius 2 is 0.778 bits per heavy atom. The molecule has 4 aromatic heterocycles. The zero-order chi connectivity index (χ0) is 41.4. The van der Waals surface area contributed by atoms with Crippen LogP contribution in [0.1, 0.15) is 0 Å². The quantitative estimate of drug-likeness (QED) is 0.168. The summed E-state index contributed by atoms with van der Waals surface area (Å²) >= 11 is 0. The zero-order valence-electron chi connectivity index (χ0n) is 33.9. The molecule has 6 heteroatoms. The first-order chi connectivity index (χ1) is 31.2. The molecule has 63 heavy (non-hydrogen) atoms. The summed E-state index contributed by atoms with van der Waals surface area (Å²) in [6, 6.07) is 74.5. The van der Waals surface area contributed by atoms with Gasteiger partial charge in [0.1, 0.15) is 11.2 Å². The van der Waals surface area contributed by atoms with Crippen molar-refractivity contribution >= 4 is 65.6 Å². The van der Waals surface area contributed by atoms with Crippen molar-refractivity contribution in [3.63, 3.8) is 0 Å². The predicted octanol–water partition coefficient (Wildman–Crippen LogP) is 14.6. The molecule has 0 atom stereocenters. The third kappa shape index (κ3) is 5.62. The van der Waals surface area contributed by atoms with Crippen molar-refractivity contribution in [2.75, 3.05) is 0 Å². The minimum Gasteiger partial charge on any atom is -0.456 e. The Morgan fingerprint density at radius 1 is 0.302 bits per heavy atom. The van der Waals surface area contributed by atoms with Crippen molar-refractivity contribution in [3.05, 3.63) is 212 Å². The van der Waals surface area contributed by atoms with Crippen LogP contribution in [0.4, 0.5) is 0 Å². The fourth-order valence-corrected chi connectivity index (χ4v) is 9.54. The lowest BCUT2D eigenvalue weighted by Crippen LogP contribution is -2.10. The first kappa shape index (κ1) is 35.2. The number of benzene rings is 9. The van der Waals surface area contributed by atoms with Crippen LogP contribution in [0.15, 0.2) is 217 Å². The number of fused-ring (bicyclic) bond motifs is 9. The number of hydrogen-bond acceptors (Lipinski definition) is 4. The van der Waals surface area contributed by atoms with E-state index in [2.05, 4.69) is 203 Å². The van der Waals surface area contributed by atoms with Gasteiger partial charge in [0.15, 0.2) is 5.82 Å². The van der Waals surface area contributed by atoms with Gasteiger partial charge in [-0.1, -0.05) is 164 Å². The molecular weight excluding hydrogens is 771 g/mol. The Balaban J connectivity index is 1.03. The number of furan rings is 1. The summed E-state index contributed by atoms with van der Waals surface area (Å²) in [6.07, 6.45) is 0. The third-order valence-corrected chi connectivity index (χ3v) is 12.4. The Hall–Kier alpha value is -8.61. The van der Waals surface area contributed by atoms with Crippen molar-refractivity contribution in [3.8, 4) is 56.7 Å². The van der Waals surface area contributed by atoms with E-state index in [9.17, 15) is 0 Å². The van der Waals surface area contributed by atoms with E-state index in [-0.39, 0.29) is 0 Å². The molecule has 6 nitrogen and oxygen atoms in total. The Labute approximate surface area is 361 Å². The van der Waals surface area contributed by atoms with E-state index < -0.39 is 0 Å². The first-order valence-electron chi connectivity index (χ1n) is 21.2. The molecule has 0 radical (unpaired) electrons. The SMILES string of the molecule is c1ccc(-c2ccc3c4ccccc4n(-c4nc(-c5cccc(-c6cccc(-c7cccc8oc9ccccc9c78)c6)c5)nc(-n5c6ccccc6c6ccccc65)n4)c3c2)cc1. The molecule has 0 N–H and O–H groups in total. The number of hydrogen-bond donors (Lipinski definition) is 0. The topological polar surface area (TPSA) is 61.7 Å². The highest BCUT2D eigenvalue weighted by molar-refractivity contribution is 6.13. The fourth-order valence-electron chi connectivity index (χ4n) is 9.54. The molecule has 4 heterocycles. The van der Waals surface area contributed by atoms with Gasteiger partial charge in [-0.2, -0.15) is 15.0 Å². The van der Waals surface area contributed by atoms with Crippen LogP contribution in [0.5, 0.6) is 0 Å². The van der Waals surface area contributed by atoms with E-state index >= 15 is 0 Å². The molecule has 13 aromatic rings. The van der Waals surface area contributed by atoms with Gasteiger partial charge < -0.3 is 4.42 Å². The summed E-state index contributed by atoms with van der Waals surface area (Å²) in [5.74, 6) is 1.67. The monoisotopic (exact) mass is 805 g/mol. The molecule has 9 aromatic carbocycles. The van der Waals surface area contributed by atoms with Gasteiger partial charge in [-0.25, -0.2) is 0 Å². The number of rotatable bonds is 6. The maximum Gasteiger partial charge on any atom is 0.240 e. The Bertz CT molecular complexity index is 3880. The lowest BCUT2D eigenvalue weighted by molar-refractivity contribution is 0.669. The second kappa shape index (κ2) is 14.0. The van der Waals surface area contributed by atoms with Crippen LogP contribution in [0.3, 0.4) is 0 Å². The summed E-state index contributed by atoms with van der Waals surface area (Å²) in [4.78, 5) is 16.2. The van der Waals surface area contributed by atoms with Gasteiger partial charge in [-0.05, 0) is 81.9 Å². The number of nitrogens with zero attached hydrogens (tertiary/aromatic N) is 5. The molecule has 0 amide bonds. The Morgan fingerprint density at radius 3 is 1.46 bits per heavy atom. The maximum absolute atomic E-state index is 6.27. The summed E-state index contributed by atoms with van der Waals surface area (Å²) in [5.41, 5.74) is 13.4. The van der Waals surface area contributed by atoms with Gasteiger partial charge in [0.05, 0.1) is 22.1 Å². The Kier molecular flexibility index (Phi) is 7.80. The highest BCUT2D eigenvalue weighted by Gasteiger charge is 2.21. The van der Waals surface area contributed by atoms with E-state index in [1.165, 1.54) is 0 Å². The summed E-state index contributed by atoms with van der Waals surface area (Å²) in [5, 5.41) is 6.78. The molecule has 0 aliphatic rings. The van der Waals surface area contributed by atoms with Crippen LogP contribution in [0.25, 0.3) is 122 Å². The largest absolute Gasteiger partial charge is 0.456 e. The standard InChI is InChI=1S/C57H35N5O/c1-2-15-36(16-3-1)39-31-32-46-45-23-6-10-28-50(45)62(51(46)35-39)57-59-55(58-56(60-57)61-48-26-8-4-21-43(48)44-22-5-9-27-49(44)61)41-20-13-18-38(34-41)37-17-12-19-40(33-37)42-25-14-30-53-54(42)47-24-7-11-29-52(47)63-53/h1-35H. The van der Waals surface area contributed by atoms with Crippen LogP contribution in [-0.2, 0) is 0 Å². The third-order valence-electron chi connectivity index (χ3n) is 12.4. The van der Waals surface area contributed by atoms with Gasteiger partial charge in [-0.3, -0.25) is 9.13 Å². The lowest BCUT2D eigenvalue weighted by atomic mass is 9.95. The van der Waals surface area contributed by atoms with Crippen molar-refractivity contribution in [2.45, 2.75) is 0 Å². The molecule has 0 saturated heterocycles. The zero-order valence-corrected chi connectivity index (χ0v) is 33.9. The van der Waals surface area contributed by atoms with E-state index in [0.29, 0.717) is 17.7 Å². The average Bonchev–Trinajstić information content (AvgIpc) is 4.02. The van der Waals surface area contributed by atoms with Crippen LogP contribution in [0, 0.1) is 0 Å². The van der Waals surface area contributed by atoms with Gasteiger partial charge >= 0.3 is 0 Å². The average molecular weight is 806 g/mol. The van der Waals surface area contributed by atoms with Crippen molar-refractivity contribution in [1.29, 1.82) is 0 Å². The van der Waals surface area contributed by atoms with E-state index in [1.54, 1.807) is 0 Å². The first-order valence-corrected chi connectivity index (χ1v) is 21.2. The molecule has 294 valence electrons. The van der Waals surface area contributed by atoms with Crippen LogP contribution < -0.4 is 0 Å². The van der Waals surface area contributed by atoms with Gasteiger partial charge in [0.25, 0.3) is 0 Å². The molecule has 0 aliphatic carbocycles. The van der Waals surface area contributed by atoms with Crippen molar-refractivity contribution in [1.82, 2.24) is 24.1 Å². The van der Waals surface area contributed by atoms with Crippen LogP contribution in [0.2, 0.25) is 0 Å². The normalized spacial score (nSPS) is 11.8. The molecule has 0 aliphatic heterocycles. The molecular formula is C57H35N5O. The molecule has 0 bridgehead atoms. The molecule has 0 unspecified atom stereocenters. The highest BCUT2D eigenvalue weighted by atomic mass is 16.3. The second-order valence-electron chi connectivity index (χ2n) is 16.0. The van der Waals surface area contributed by atoms with E-state index in [4.69, 9.17) is 19.4 Å². The summed E-state index contributed by atoms with van der Waals surface area (Å²) < 4.78 is 10.6. The second-order valence-corrected chi connectivity index (χ2v) is 16.0. The maximum atomic E-state index is 6.27.